The highest BCUT2D eigenvalue weighted by atomic mass is 35.5. The number of ether oxygens (including phenoxy) is 1. The van der Waals surface area contributed by atoms with Gasteiger partial charge in [0.2, 0.25) is 0 Å². The molecule has 0 radical (unpaired) electrons. The highest BCUT2D eigenvalue weighted by Crippen LogP contribution is 2.36. The summed E-state index contributed by atoms with van der Waals surface area (Å²) < 4.78 is 5.76. The zero-order valence-corrected chi connectivity index (χ0v) is 13.8. The number of rotatable bonds is 5. The molecule has 1 aromatic rings. The van der Waals surface area contributed by atoms with Crippen LogP contribution in [-0.2, 0) is 4.74 Å². The maximum atomic E-state index is 6.51. The fourth-order valence-corrected chi connectivity index (χ4v) is 3.29. The third-order valence-corrected chi connectivity index (χ3v) is 4.59. The average Bonchev–Trinajstić information content (AvgIpc) is 2.82. The molecule has 2 rings (SSSR count). The van der Waals surface area contributed by atoms with Crippen molar-refractivity contribution in [3.05, 3.63) is 33.8 Å². The van der Waals surface area contributed by atoms with E-state index in [-0.39, 0.29) is 0 Å². The summed E-state index contributed by atoms with van der Waals surface area (Å²) in [5.41, 5.74) is 3.79. The molecule has 1 heterocycles. The van der Waals surface area contributed by atoms with Crippen LogP contribution in [0.4, 0.5) is 0 Å². The van der Waals surface area contributed by atoms with Gasteiger partial charge in [0.25, 0.3) is 0 Å². The Morgan fingerprint density at radius 3 is 2.65 bits per heavy atom. The first-order valence-electron chi connectivity index (χ1n) is 7.64. The predicted molar refractivity (Wildman–Crippen MR) is 85.5 cm³/mol. The van der Waals surface area contributed by atoms with Gasteiger partial charge in [-0.1, -0.05) is 24.6 Å². The lowest BCUT2D eigenvalue weighted by molar-refractivity contribution is 0.117. The molecule has 1 N–H and O–H groups in total. The third-order valence-electron chi connectivity index (χ3n) is 4.26. The maximum Gasteiger partial charge on any atom is 0.0551 e. The molecule has 1 aromatic carbocycles. The first kappa shape index (κ1) is 15.8. The Morgan fingerprint density at radius 2 is 2.05 bits per heavy atom. The van der Waals surface area contributed by atoms with Crippen LogP contribution >= 0.6 is 11.6 Å². The summed E-state index contributed by atoms with van der Waals surface area (Å²) in [7, 11) is 0. The van der Waals surface area contributed by atoms with E-state index in [0.717, 1.165) is 31.0 Å². The second-order valence-electron chi connectivity index (χ2n) is 6.03. The van der Waals surface area contributed by atoms with E-state index in [9.17, 15) is 0 Å². The van der Waals surface area contributed by atoms with Crippen LogP contribution in [0.2, 0.25) is 5.02 Å². The molecule has 1 aliphatic heterocycles. The average molecular weight is 296 g/mol. The summed E-state index contributed by atoms with van der Waals surface area (Å²) in [6.07, 6.45) is 2.59. The van der Waals surface area contributed by atoms with Crippen molar-refractivity contribution in [3.63, 3.8) is 0 Å². The van der Waals surface area contributed by atoms with E-state index in [1.807, 2.05) is 0 Å². The fourth-order valence-electron chi connectivity index (χ4n) is 2.95. The van der Waals surface area contributed by atoms with Gasteiger partial charge >= 0.3 is 0 Å². The van der Waals surface area contributed by atoms with Crippen molar-refractivity contribution >= 4 is 11.6 Å². The predicted octanol–water partition coefficient (Wildman–Crippen LogP) is 4.42. The Bertz CT molecular complexity index is 461. The van der Waals surface area contributed by atoms with Gasteiger partial charge in [0.05, 0.1) is 12.7 Å². The second-order valence-corrected chi connectivity index (χ2v) is 6.44. The molecule has 1 saturated heterocycles. The summed E-state index contributed by atoms with van der Waals surface area (Å²) in [6, 6.07) is 4.63. The van der Waals surface area contributed by atoms with Crippen LogP contribution in [0.5, 0.6) is 0 Å². The highest BCUT2D eigenvalue weighted by Gasteiger charge is 2.31. The summed E-state index contributed by atoms with van der Waals surface area (Å²) in [5, 5.41) is 4.55. The van der Waals surface area contributed by atoms with Gasteiger partial charge in [-0.2, -0.15) is 0 Å². The van der Waals surface area contributed by atoms with Gasteiger partial charge in [0.1, 0.15) is 0 Å². The van der Waals surface area contributed by atoms with Crippen molar-refractivity contribution < 1.29 is 4.74 Å². The van der Waals surface area contributed by atoms with E-state index in [1.165, 1.54) is 16.7 Å². The molecular formula is C17H26ClNO. The molecule has 2 nitrogen and oxygen atoms in total. The molecule has 1 aliphatic rings. The lowest BCUT2D eigenvalue weighted by Gasteiger charge is -2.26. The second kappa shape index (κ2) is 6.93. The Hall–Kier alpha value is -0.570. The normalized spacial score (nSPS) is 24.1. The van der Waals surface area contributed by atoms with Gasteiger partial charge in [-0.15, -0.1) is 0 Å². The molecule has 0 amide bonds. The van der Waals surface area contributed by atoms with Crippen molar-refractivity contribution in [3.8, 4) is 0 Å². The first-order valence-corrected chi connectivity index (χ1v) is 8.02. The number of hydrogen-bond acceptors (Lipinski definition) is 2. The highest BCUT2D eigenvalue weighted by molar-refractivity contribution is 6.31. The molecule has 0 bridgehead atoms. The Balaban J connectivity index is 2.28. The van der Waals surface area contributed by atoms with Crippen molar-refractivity contribution in [2.24, 2.45) is 5.92 Å². The Morgan fingerprint density at radius 1 is 1.35 bits per heavy atom. The van der Waals surface area contributed by atoms with Gasteiger partial charge in [0, 0.05) is 17.0 Å². The van der Waals surface area contributed by atoms with E-state index < -0.39 is 0 Å². The molecule has 0 saturated carbocycles. The third kappa shape index (κ3) is 3.55. The Kier molecular flexibility index (Phi) is 5.48. The molecule has 0 spiro atoms. The number of hydrogen-bond donors (Lipinski definition) is 1. The smallest absolute Gasteiger partial charge is 0.0551 e. The zero-order chi connectivity index (χ0) is 14.7. The summed E-state index contributed by atoms with van der Waals surface area (Å²) in [5.74, 6) is 0.510. The van der Waals surface area contributed by atoms with E-state index in [2.05, 4.69) is 45.1 Å². The van der Waals surface area contributed by atoms with Crippen LogP contribution in [0.25, 0.3) is 0 Å². The van der Waals surface area contributed by atoms with Crippen molar-refractivity contribution in [2.45, 2.75) is 52.7 Å². The minimum atomic E-state index is 0.298. The maximum absolute atomic E-state index is 6.51. The van der Waals surface area contributed by atoms with Crippen molar-refractivity contribution in [1.82, 2.24) is 5.32 Å². The monoisotopic (exact) mass is 295 g/mol. The number of aryl methyl sites for hydroxylation is 2. The molecule has 20 heavy (non-hydrogen) atoms. The van der Waals surface area contributed by atoms with Crippen LogP contribution in [0.15, 0.2) is 12.1 Å². The Labute approximate surface area is 127 Å². The largest absolute Gasteiger partial charge is 0.378 e. The fraction of sp³-hybridized carbons (Fsp3) is 0.647. The molecular weight excluding hydrogens is 270 g/mol. The molecule has 0 aromatic heterocycles. The van der Waals surface area contributed by atoms with Gasteiger partial charge < -0.3 is 10.1 Å². The van der Waals surface area contributed by atoms with E-state index in [1.54, 1.807) is 0 Å². The quantitative estimate of drug-likeness (QED) is 0.868. The van der Waals surface area contributed by atoms with Crippen LogP contribution in [-0.4, -0.2) is 19.3 Å². The molecule has 112 valence electrons. The first-order chi connectivity index (χ1) is 9.52. The SMILES string of the molecule is CCCNC(c1cc(C)c(C)cc1Cl)C1COC(C)C1. The van der Waals surface area contributed by atoms with E-state index >= 15 is 0 Å². The number of halogens is 1. The van der Waals surface area contributed by atoms with Crippen molar-refractivity contribution in [2.75, 3.05) is 13.2 Å². The van der Waals surface area contributed by atoms with Crippen LogP contribution in [0.3, 0.4) is 0 Å². The standard InChI is InChI=1S/C17H26ClNO/c1-5-6-19-17(14-9-13(4)20-10-14)15-7-11(2)12(3)8-16(15)18/h7-8,13-14,17,19H,5-6,9-10H2,1-4H3. The topological polar surface area (TPSA) is 21.3 Å². The van der Waals surface area contributed by atoms with Gasteiger partial charge in [-0.3, -0.25) is 0 Å². The molecule has 1 fully saturated rings. The lowest BCUT2D eigenvalue weighted by Crippen LogP contribution is -2.30. The van der Waals surface area contributed by atoms with E-state index in [4.69, 9.17) is 16.3 Å². The molecule has 3 atom stereocenters. The van der Waals surface area contributed by atoms with Gasteiger partial charge in [0.15, 0.2) is 0 Å². The zero-order valence-electron chi connectivity index (χ0n) is 13.0. The van der Waals surface area contributed by atoms with Gasteiger partial charge in [-0.25, -0.2) is 0 Å². The minimum Gasteiger partial charge on any atom is -0.378 e. The van der Waals surface area contributed by atoms with Crippen LogP contribution in [0.1, 0.15) is 49.4 Å². The van der Waals surface area contributed by atoms with Crippen molar-refractivity contribution in [1.29, 1.82) is 0 Å². The number of benzene rings is 1. The van der Waals surface area contributed by atoms with Gasteiger partial charge in [-0.05, 0) is 62.9 Å². The summed E-state index contributed by atoms with van der Waals surface area (Å²) >= 11 is 6.51. The lowest BCUT2D eigenvalue weighted by atomic mass is 9.89. The molecule has 3 unspecified atom stereocenters. The number of nitrogens with one attached hydrogen (secondary N) is 1. The summed E-state index contributed by atoms with van der Waals surface area (Å²) in [6.45, 7) is 10.4. The van der Waals surface area contributed by atoms with Crippen LogP contribution < -0.4 is 5.32 Å². The minimum absolute atomic E-state index is 0.298. The summed E-state index contributed by atoms with van der Waals surface area (Å²) in [4.78, 5) is 0. The van der Waals surface area contributed by atoms with E-state index in [0.29, 0.717) is 18.1 Å². The molecule has 0 aliphatic carbocycles. The molecule has 3 heteroatoms. The van der Waals surface area contributed by atoms with Crippen LogP contribution in [0, 0.1) is 19.8 Å².